The summed E-state index contributed by atoms with van der Waals surface area (Å²) < 4.78 is 11.4. The SMILES string of the molecule is CN=C(NCc1ccc2c(c1)OCCCO2)NC(C)CCc1ccccc1. The summed E-state index contributed by atoms with van der Waals surface area (Å²) in [5.74, 6) is 2.46. The van der Waals surface area contributed by atoms with Crippen LogP contribution < -0.4 is 20.1 Å². The zero-order chi connectivity index (χ0) is 18.9. The largest absolute Gasteiger partial charge is 0.490 e. The number of nitrogens with zero attached hydrogens (tertiary/aromatic N) is 1. The second kappa shape index (κ2) is 9.86. The summed E-state index contributed by atoms with van der Waals surface area (Å²) >= 11 is 0. The highest BCUT2D eigenvalue weighted by Crippen LogP contribution is 2.30. The number of nitrogens with one attached hydrogen (secondary N) is 2. The molecule has 5 heteroatoms. The van der Waals surface area contributed by atoms with E-state index < -0.39 is 0 Å². The Morgan fingerprint density at radius 2 is 1.81 bits per heavy atom. The topological polar surface area (TPSA) is 54.9 Å². The lowest BCUT2D eigenvalue weighted by Crippen LogP contribution is -2.42. The van der Waals surface area contributed by atoms with Crippen molar-refractivity contribution in [2.75, 3.05) is 20.3 Å². The van der Waals surface area contributed by atoms with E-state index in [4.69, 9.17) is 9.47 Å². The Hall–Kier alpha value is -2.69. The zero-order valence-electron chi connectivity index (χ0n) is 16.2. The molecule has 1 aliphatic rings. The lowest BCUT2D eigenvalue weighted by atomic mass is 10.1. The van der Waals surface area contributed by atoms with Crippen LogP contribution in [0.5, 0.6) is 11.5 Å². The van der Waals surface area contributed by atoms with Gasteiger partial charge in [-0.25, -0.2) is 0 Å². The van der Waals surface area contributed by atoms with Crippen LogP contribution in [0.1, 0.15) is 30.9 Å². The predicted octanol–water partition coefficient (Wildman–Crippen LogP) is 3.53. The van der Waals surface area contributed by atoms with Crippen molar-refractivity contribution in [1.82, 2.24) is 10.6 Å². The molecule has 0 spiro atoms. The molecule has 0 aromatic heterocycles. The molecular weight excluding hydrogens is 338 g/mol. The highest BCUT2D eigenvalue weighted by atomic mass is 16.5. The Bertz CT molecular complexity index is 746. The number of hydrogen-bond donors (Lipinski definition) is 2. The van der Waals surface area contributed by atoms with Gasteiger partial charge in [0.25, 0.3) is 0 Å². The zero-order valence-corrected chi connectivity index (χ0v) is 16.2. The fraction of sp³-hybridized carbons (Fsp3) is 0.409. The van der Waals surface area contributed by atoms with E-state index in [9.17, 15) is 0 Å². The molecule has 1 heterocycles. The normalized spacial score (nSPS) is 15.0. The maximum atomic E-state index is 5.76. The molecule has 144 valence electrons. The molecule has 0 aliphatic carbocycles. The molecule has 27 heavy (non-hydrogen) atoms. The quantitative estimate of drug-likeness (QED) is 0.606. The molecule has 2 aromatic carbocycles. The maximum absolute atomic E-state index is 5.76. The van der Waals surface area contributed by atoms with Gasteiger partial charge < -0.3 is 20.1 Å². The molecular formula is C22H29N3O2. The molecule has 2 N–H and O–H groups in total. The molecule has 3 rings (SSSR count). The number of aryl methyl sites for hydroxylation is 1. The van der Waals surface area contributed by atoms with E-state index in [0.29, 0.717) is 25.8 Å². The number of aliphatic imine (C=N–C) groups is 1. The van der Waals surface area contributed by atoms with E-state index in [0.717, 1.165) is 42.3 Å². The van der Waals surface area contributed by atoms with Gasteiger partial charge in [-0.2, -0.15) is 0 Å². The van der Waals surface area contributed by atoms with Gasteiger partial charge in [0, 0.05) is 26.1 Å². The summed E-state index contributed by atoms with van der Waals surface area (Å²) in [7, 11) is 1.80. The van der Waals surface area contributed by atoms with Crippen LogP contribution in [0.3, 0.4) is 0 Å². The average Bonchev–Trinajstić information content (AvgIpc) is 2.95. The van der Waals surface area contributed by atoms with Crippen molar-refractivity contribution >= 4 is 5.96 Å². The molecule has 0 bridgehead atoms. The van der Waals surface area contributed by atoms with E-state index in [-0.39, 0.29) is 0 Å². The smallest absolute Gasteiger partial charge is 0.191 e. The van der Waals surface area contributed by atoms with E-state index >= 15 is 0 Å². The van der Waals surface area contributed by atoms with E-state index in [1.807, 2.05) is 12.1 Å². The first-order valence-electron chi connectivity index (χ1n) is 9.64. The number of fused-ring (bicyclic) bond motifs is 1. The molecule has 0 saturated heterocycles. The first kappa shape index (κ1) is 19.1. The number of guanidine groups is 1. The highest BCUT2D eigenvalue weighted by Gasteiger charge is 2.11. The molecule has 0 amide bonds. The summed E-state index contributed by atoms with van der Waals surface area (Å²) in [4.78, 5) is 4.34. The van der Waals surface area contributed by atoms with Crippen molar-refractivity contribution in [2.45, 2.75) is 38.8 Å². The van der Waals surface area contributed by atoms with Crippen molar-refractivity contribution in [1.29, 1.82) is 0 Å². The summed E-state index contributed by atoms with van der Waals surface area (Å²) in [5, 5.41) is 6.84. The van der Waals surface area contributed by atoms with Crippen LogP contribution in [-0.4, -0.2) is 32.3 Å². The lowest BCUT2D eigenvalue weighted by molar-refractivity contribution is 0.297. The summed E-state index contributed by atoms with van der Waals surface area (Å²) in [6.45, 7) is 4.28. The Morgan fingerprint density at radius 3 is 2.59 bits per heavy atom. The fourth-order valence-electron chi connectivity index (χ4n) is 3.03. The second-order valence-corrected chi connectivity index (χ2v) is 6.83. The molecule has 5 nitrogen and oxygen atoms in total. The molecule has 0 saturated carbocycles. The van der Waals surface area contributed by atoms with E-state index in [1.165, 1.54) is 5.56 Å². The molecule has 0 fully saturated rings. The van der Waals surface area contributed by atoms with Crippen LogP contribution in [0.4, 0.5) is 0 Å². The number of ether oxygens (including phenoxy) is 2. The van der Waals surface area contributed by atoms with Crippen molar-refractivity contribution in [3.63, 3.8) is 0 Å². The number of rotatable bonds is 6. The molecule has 1 aliphatic heterocycles. The molecule has 2 aromatic rings. The molecule has 1 unspecified atom stereocenters. The lowest BCUT2D eigenvalue weighted by Gasteiger charge is -2.18. The predicted molar refractivity (Wildman–Crippen MR) is 110 cm³/mol. The first-order chi connectivity index (χ1) is 13.2. The third-order valence-corrected chi connectivity index (χ3v) is 4.59. The van der Waals surface area contributed by atoms with Gasteiger partial charge in [-0.05, 0) is 43.0 Å². The van der Waals surface area contributed by atoms with Gasteiger partial charge in [0.05, 0.1) is 13.2 Å². The number of hydrogen-bond acceptors (Lipinski definition) is 3. The minimum Gasteiger partial charge on any atom is -0.490 e. The van der Waals surface area contributed by atoms with Gasteiger partial charge in [-0.15, -0.1) is 0 Å². The van der Waals surface area contributed by atoms with Crippen molar-refractivity contribution in [3.8, 4) is 11.5 Å². The van der Waals surface area contributed by atoms with Gasteiger partial charge in [-0.3, -0.25) is 4.99 Å². The molecule has 0 radical (unpaired) electrons. The fourth-order valence-corrected chi connectivity index (χ4v) is 3.03. The third-order valence-electron chi connectivity index (χ3n) is 4.59. The monoisotopic (exact) mass is 367 g/mol. The average molecular weight is 367 g/mol. The Labute approximate surface area is 161 Å². The van der Waals surface area contributed by atoms with E-state index in [1.54, 1.807) is 7.05 Å². The van der Waals surface area contributed by atoms with Crippen molar-refractivity contribution in [2.24, 2.45) is 4.99 Å². The van der Waals surface area contributed by atoms with Gasteiger partial charge >= 0.3 is 0 Å². The summed E-state index contributed by atoms with van der Waals surface area (Å²) in [5.41, 5.74) is 2.50. The Kier molecular flexibility index (Phi) is 6.97. The van der Waals surface area contributed by atoms with Crippen LogP contribution in [0, 0.1) is 0 Å². The molecule has 1 atom stereocenters. The third kappa shape index (κ3) is 5.91. The second-order valence-electron chi connectivity index (χ2n) is 6.83. The Morgan fingerprint density at radius 1 is 1.04 bits per heavy atom. The standard InChI is InChI=1S/C22H29N3O2/c1-17(9-10-18-7-4-3-5-8-18)25-22(23-2)24-16-19-11-12-20-21(15-19)27-14-6-13-26-20/h3-5,7-8,11-12,15,17H,6,9-10,13-14,16H2,1-2H3,(H2,23,24,25). The van der Waals surface area contributed by atoms with Crippen LogP contribution in [-0.2, 0) is 13.0 Å². The van der Waals surface area contributed by atoms with Crippen molar-refractivity contribution in [3.05, 3.63) is 59.7 Å². The van der Waals surface area contributed by atoms with Gasteiger partial charge in [-0.1, -0.05) is 36.4 Å². The van der Waals surface area contributed by atoms with Crippen LogP contribution in [0.15, 0.2) is 53.5 Å². The van der Waals surface area contributed by atoms with Gasteiger partial charge in [0.1, 0.15) is 0 Å². The van der Waals surface area contributed by atoms with Crippen LogP contribution >= 0.6 is 0 Å². The minimum absolute atomic E-state index is 0.334. The highest BCUT2D eigenvalue weighted by molar-refractivity contribution is 5.79. The van der Waals surface area contributed by atoms with Crippen LogP contribution in [0.25, 0.3) is 0 Å². The summed E-state index contributed by atoms with van der Waals surface area (Å²) in [6, 6.07) is 17.0. The Balaban J connectivity index is 1.48. The number of benzene rings is 2. The summed E-state index contributed by atoms with van der Waals surface area (Å²) in [6.07, 6.45) is 3.02. The van der Waals surface area contributed by atoms with Crippen molar-refractivity contribution < 1.29 is 9.47 Å². The minimum atomic E-state index is 0.334. The van der Waals surface area contributed by atoms with Crippen LogP contribution in [0.2, 0.25) is 0 Å². The first-order valence-corrected chi connectivity index (χ1v) is 9.64. The van der Waals surface area contributed by atoms with Gasteiger partial charge in [0.15, 0.2) is 17.5 Å². The van der Waals surface area contributed by atoms with E-state index in [2.05, 4.69) is 58.9 Å². The van der Waals surface area contributed by atoms with Gasteiger partial charge in [0.2, 0.25) is 0 Å². The maximum Gasteiger partial charge on any atom is 0.191 e.